The Balaban J connectivity index is 2.04. The van der Waals surface area contributed by atoms with E-state index in [9.17, 15) is 13.6 Å². The van der Waals surface area contributed by atoms with Crippen molar-refractivity contribution in [3.63, 3.8) is 0 Å². The van der Waals surface area contributed by atoms with Crippen molar-refractivity contribution in [2.45, 2.75) is 18.9 Å². The summed E-state index contributed by atoms with van der Waals surface area (Å²) in [4.78, 5) is 11.8. The van der Waals surface area contributed by atoms with Gasteiger partial charge in [-0.25, -0.2) is 8.78 Å². The van der Waals surface area contributed by atoms with E-state index in [1.54, 1.807) is 0 Å². The monoisotopic (exact) mass is 288 g/mol. The van der Waals surface area contributed by atoms with Gasteiger partial charge in [0, 0.05) is 6.42 Å². The summed E-state index contributed by atoms with van der Waals surface area (Å²) in [6.07, 6.45) is 0.816. The van der Waals surface area contributed by atoms with Gasteiger partial charge in [-0.3, -0.25) is 4.79 Å². The first-order chi connectivity index (χ1) is 10.1. The first-order valence-corrected chi connectivity index (χ1v) is 6.74. The zero-order chi connectivity index (χ0) is 14.8. The normalized spacial score (nSPS) is 18.0. The van der Waals surface area contributed by atoms with Crippen LogP contribution in [0, 0.1) is 11.6 Å². The van der Waals surface area contributed by atoms with Crippen LogP contribution >= 0.6 is 0 Å². The standard InChI is InChI=1S/C16H14F2N2O/c17-11-6-7-13-16(15(11)18)20-12(8-9-14(21)19-13)10-4-2-1-3-5-10/h1-7,12,20H,8-9H2,(H,19,21). The second-order valence-electron chi connectivity index (χ2n) is 4.98. The Kier molecular flexibility index (Phi) is 3.56. The second-order valence-corrected chi connectivity index (χ2v) is 4.98. The van der Waals surface area contributed by atoms with Crippen molar-refractivity contribution < 1.29 is 13.6 Å². The molecule has 0 spiro atoms. The Morgan fingerprint density at radius 3 is 2.57 bits per heavy atom. The van der Waals surface area contributed by atoms with Gasteiger partial charge >= 0.3 is 0 Å². The first-order valence-electron chi connectivity index (χ1n) is 6.74. The van der Waals surface area contributed by atoms with E-state index in [4.69, 9.17) is 0 Å². The average Bonchev–Trinajstić information content (AvgIpc) is 2.48. The Hall–Kier alpha value is -2.43. The SMILES string of the molecule is O=C1CCC(c2ccccc2)Nc2c(ccc(F)c2F)N1. The van der Waals surface area contributed by atoms with Crippen molar-refractivity contribution in [1.29, 1.82) is 0 Å². The zero-order valence-electron chi connectivity index (χ0n) is 11.2. The topological polar surface area (TPSA) is 41.1 Å². The van der Waals surface area contributed by atoms with Crippen LogP contribution in [0.5, 0.6) is 0 Å². The molecule has 2 N–H and O–H groups in total. The number of hydrogen-bond acceptors (Lipinski definition) is 2. The third-order valence-corrected chi connectivity index (χ3v) is 3.55. The minimum atomic E-state index is -0.976. The maximum absolute atomic E-state index is 14.0. The Bertz CT molecular complexity index is 673. The predicted molar refractivity (Wildman–Crippen MR) is 77.0 cm³/mol. The molecule has 1 amide bonds. The molecular weight excluding hydrogens is 274 g/mol. The highest BCUT2D eigenvalue weighted by Crippen LogP contribution is 2.34. The third kappa shape index (κ3) is 2.72. The lowest BCUT2D eigenvalue weighted by atomic mass is 10.00. The molecule has 108 valence electrons. The molecule has 1 atom stereocenters. The van der Waals surface area contributed by atoms with E-state index in [-0.39, 0.29) is 23.3 Å². The molecule has 0 aliphatic carbocycles. The average molecular weight is 288 g/mol. The molecule has 3 nitrogen and oxygen atoms in total. The van der Waals surface area contributed by atoms with Crippen molar-refractivity contribution in [2.75, 3.05) is 10.6 Å². The van der Waals surface area contributed by atoms with Gasteiger partial charge < -0.3 is 10.6 Å². The van der Waals surface area contributed by atoms with Gasteiger partial charge in [-0.05, 0) is 24.1 Å². The predicted octanol–water partition coefficient (Wildman–Crippen LogP) is 3.85. The number of hydrogen-bond donors (Lipinski definition) is 2. The number of carbonyl (C=O) groups excluding carboxylic acids is 1. The number of carbonyl (C=O) groups is 1. The highest BCUT2D eigenvalue weighted by molar-refractivity contribution is 5.95. The quantitative estimate of drug-likeness (QED) is 0.837. The van der Waals surface area contributed by atoms with Crippen LogP contribution in [-0.4, -0.2) is 5.91 Å². The van der Waals surface area contributed by atoms with E-state index in [0.29, 0.717) is 12.8 Å². The van der Waals surface area contributed by atoms with Gasteiger partial charge in [-0.2, -0.15) is 0 Å². The highest BCUT2D eigenvalue weighted by atomic mass is 19.2. The summed E-state index contributed by atoms with van der Waals surface area (Å²) in [5.41, 5.74) is 1.19. The zero-order valence-corrected chi connectivity index (χ0v) is 11.2. The van der Waals surface area contributed by atoms with Gasteiger partial charge in [-0.15, -0.1) is 0 Å². The molecule has 0 radical (unpaired) electrons. The van der Waals surface area contributed by atoms with E-state index in [2.05, 4.69) is 10.6 Å². The molecule has 1 aliphatic rings. The molecule has 21 heavy (non-hydrogen) atoms. The minimum absolute atomic E-state index is 0.00287. The van der Waals surface area contributed by atoms with Gasteiger partial charge in [0.2, 0.25) is 5.91 Å². The number of nitrogens with one attached hydrogen (secondary N) is 2. The van der Waals surface area contributed by atoms with Crippen molar-refractivity contribution in [3.8, 4) is 0 Å². The molecule has 1 heterocycles. The number of benzene rings is 2. The molecule has 0 fully saturated rings. The minimum Gasteiger partial charge on any atom is -0.374 e. The van der Waals surface area contributed by atoms with Crippen LogP contribution in [0.3, 0.4) is 0 Å². The van der Waals surface area contributed by atoms with Gasteiger partial charge in [0.15, 0.2) is 11.6 Å². The fourth-order valence-corrected chi connectivity index (χ4v) is 2.47. The van der Waals surface area contributed by atoms with Crippen LogP contribution in [0.15, 0.2) is 42.5 Å². The molecule has 2 aromatic rings. The van der Waals surface area contributed by atoms with Crippen molar-refractivity contribution in [2.24, 2.45) is 0 Å². The number of rotatable bonds is 1. The Labute approximate surface area is 121 Å². The van der Waals surface area contributed by atoms with Crippen LogP contribution in [0.1, 0.15) is 24.4 Å². The summed E-state index contributed by atoms with van der Waals surface area (Å²) in [5, 5.41) is 5.61. The molecule has 0 bridgehead atoms. The lowest BCUT2D eigenvalue weighted by Gasteiger charge is -2.25. The van der Waals surface area contributed by atoms with Crippen LogP contribution in [0.4, 0.5) is 20.2 Å². The molecule has 5 heteroatoms. The van der Waals surface area contributed by atoms with Gasteiger partial charge in [0.1, 0.15) is 0 Å². The molecule has 2 aromatic carbocycles. The molecule has 0 aromatic heterocycles. The summed E-state index contributed by atoms with van der Waals surface area (Å²) in [5.74, 6) is -2.12. The second kappa shape index (κ2) is 5.52. The van der Waals surface area contributed by atoms with Crippen molar-refractivity contribution in [1.82, 2.24) is 0 Å². The van der Waals surface area contributed by atoms with Crippen LogP contribution in [0.25, 0.3) is 0 Å². The van der Waals surface area contributed by atoms with Crippen LogP contribution in [0.2, 0.25) is 0 Å². The number of fused-ring (bicyclic) bond motifs is 1. The van der Waals surface area contributed by atoms with E-state index in [0.717, 1.165) is 11.6 Å². The summed E-state index contributed by atoms with van der Waals surface area (Å²) in [6, 6.07) is 11.6. The summed E-state index contributed by atoms with van der Waals surface area (Å²) in [7, 11) is 0. The number of amides is 1. The third-order valence-electron chi connectivity index (χ3n) is 3.55. The molecule has 0 saturated carbocycles. The van der Waals surface area contributed by atoms with Crippen molar-refractivity contribution in [3.05, 3.63) is 59.7 Å². The van der Waals surface area contributed by atoms with Gasteiger partial charge in [-0.1, -0.05) is 30.3 Å². The smallest absolute Gasteiger partial charge is 0.224 e. The lowest BCUT2D eigenvalue weighted by molar-refractivity contribution is -0.116. The Morgan fingerprint density at radius 2 is 1.81 bits per heavy atom. The summed E-state index contributed by atoms with van der Waals surface area (Å²) >= 11 is 0. The molecular formula is C16H14F2N2O. The largest absolute Gasteiger partial charge is 0.374 e. The molecule has 1 aliphatic heterocycles. The summed E-state index contributed by atoms with van der Waals surface area (Å²) in [6.45, 7) is 0. The van der Waals surface area contributed by atoms with Crippen molar-refractivity contribution >= 4 is 17.3 Å². The van der Waals surface area contributed by atoms with E-state index < -0.39 is 11.6 Å². The van der Waals surface area contributed by atoms with Crippen LogP contribution < -0.4 is 10.6 Å². The van der Waals surface area contributed by atoms with Gasteiger partial charge in [0.25, 0.3) is 0 Å². The molecule has 1 unspecified atom stereocenters. The lowest BCUT2D eigenvalue weighted by Crippen LogP contribution is -2.22. The van der Waals surface area contributed by atoms with E-state index >= 15 is 0 Å². The fraction of sp³-hybridized carbons (Fsp3) is 0.188. The van der Waals surface area contributed by atoms with E-state index in [1.165, 1.54) is 6.07 Å². The summed E-state index contributed by atoms with van der Waals surface area (Å²) < 4.78 is 27.5. The maximum Gasteiger partial charge on any atom is 0.224 e. The molecule has 3 rings (SSSR count). The number of anilines is 2. The van der Waals surface area contributed by atoms with Crippen LogP contribution in [-0.2, 0) is 4.79 Å². The Morgan fingerprint density at radius 1 is 1.05 bits per heavy atom. The fourth-order valence-electron chi connectivity index (χ4n) is 2.47. The van der Waals surface area contributed by atoms with E-state index in [1.807, 2.05) is 30.3 Å². The van der Waals surface area contributed by atoms with Gasteiger partial charge in [0.05, 0.1) is 17.4 Å². The highest BCUT2D eigenvalue weighted by Gasteiger charge is 2.23. The first kappa shape index (κ1) is 13.5. The number of halogens is 2. The molecule has 0 saturated heterocycles. The maximum atomic E-state index is 14.0.